The summed E-state index contributed by atoms with van der Waals surface area (Å²) in [5.41, 5.74) is -0.155. The molecule has 122 valence electrons. The molecule has 7 heteroatoms. The first-order chi connectivity index (χ1) is 10.2. The summed E-state index contributed by atoms with van der Waals surface area (Å²) in [6.07, 6.45) is -0.693. The normalized spacial score (nSPS) is 12.2. The van der Waals surface area contributed by atoms with Crippen molar-refractivity contribution in [3.05, 3.63) is 23.9 Å². The molecule has 22 heavy (non-hydrogen) atoms. The highest BCUT2D eigenvalue weighted by atomic mass is 16.6. The van der Waals surface area contributed by atoms with Crippen molar-refractivity contribution in [1.29, 1.82) is 0 Å². The molecule has 0 aliphatic carbocycles. The standard InChI is InChI=1S/C15H22N2O5/c1-15(2,3)22-14(19)17-11(9-13(18)21-5)10-7-6-8-12(16-10)20-4/h6-8,11H,9H2,1-5H3,(H,17,19). The van der Waals surface area contributed by atoms with Crippen molar-refractivity contribution in [3.8, 4) is 5.88 Å². The van der Waals surface area contributed by atoms with Gasteiger partial charge in [0.05, 0.1) is 32.4 Å². The lowest BCUT2D eigenvalue weighted by Gasteiger charge is -2.23. The summed E-state index contributed by atoms with van der Waals surface area (Å²) >= 11 is 0. The maximum absolute atomic E-state index is 11.9. The van der Waals surface area contributed by atoms with Crippen LogP contribution in [0.4, 0.5) is 4.79 Å². The molecule has 7 nitrogen and oxygen atoms in total. The van der Waals surface area contributed by atoms with E-state index in [0.717, 1.165) is 0 Å². The number of aromatic nitrogens is 1. The molecule has 1 aromatic rings. The summed E-state index contributed by atoms with van der Waals surface area (Å²) in [6, 6.07) is 4.42. The highest BCUT2D eigenvalue weighted by Gasteiger charge is 2.24. The number of carbonyl (C=O) groups excluding carboxylic acids is 2. The third-order valence-electron chi connectivity index (χ3n) is 2.60. The van der Waals surface area contributed by atoms with Crippen LogP contribution in [0.15, 0.2) is 18.2 Å². The Balaban J connectivity index is 2.92. The molecule has 1 heterocycles. The van der Waals surface area contributed by atoms with Crippen molar-refractivity contribution in [3.63, 3.8) is 0 Å². The lowest BCUT2D eigenvalue weighted by atomic mass is 10.1. The van der Waals surface area contributed by atoms with Crippen LogP contribution in [0.2, 0.25) is 0 Å². The molecule has 0 aliphatic heterocycles. The smallest absolute Gasteiger partial charge is 0.408 e. The summed E-state index contributed by atoms with van der Waals surface area (Å²) < 4.78 is 14.9. The molecule has 1 atom stereocenters. The van der Waals surface area contributed by atoms with Crippen LogP contribution in [0.3, 0.4) is 0 Å². The molecule has 1 aromatic heterocycles. The first kappa shape index (κ1) is 17.7. The van der Waals surface area contributed by atoms with E-state index in [1.165, 1.54) is 14.2 Å². The lowest BCUT2D eigenvalue weighted by molar-refractivity contribution is -0.141. The van der Waals surface area contributed by atoms with Crippen molar-refractivity contribution in [2.24, 2.45) is 0 Å². The number of methoxy groups -OCH3 is 2. The first-order valence-electron chi connectivity index (χ1n) is 6.82. The van der Waals surface area contributed by atoms with Crippen molar-refractivity contribution in [1.82, 2.24) is 10.3 Å². The Labute approximate surface area is 130 Å². The molecular formula is C15H22N2O5. The van der Waals surface area contributed by atoms with E-state index in [0.29, 0.717) is 11.6 Å². The second-order valence-corrected chi connectivity index (χ2v) is 5.58. The zero-order valence-electron chi connectivity index (χ0n) is 13.5. The van der Waals surface area contributed by atoms with Crippen LogP contribution in [0.25, 0.3) is 0 Å². The van der Waals surface area contributed by atoms with Crippen molar-refractivity contribution in [2.75, 3.05) is 14.2 Å². The predicted molar refractivity (Wildman–Crippen MR) is 79.5 cm³/mol. The van der Waals surface area contributed by atoms with Gasteiger partial charge in [0, 0.05) is 6.07 Å². The van der Waals surface area contributed by atoms with E-state index in [1.807, 2.05) is 0 Å². The fourth-order valence-electron chi connectivity index (χ4n) is 1.67. The third kappa shape index (κ3) is 5.99. The minimum atomic E-state index is -0.669. The Kier molecular flexibility index (Phi) is 6.15. The molecule has 0 spiro atoms. The van der Waals surface area contributed by atoms with Crippen LogP contribution in [0.5, 0.6) is 5.88 Å². The SMILES string of the molecule is COC(=O)CC(NC(=O)OC(C)(C)C)c1cccc(OC)n1. The topological polar surface area (TPSA) is 86.8 Å². The summed E-state index contributed by atoms with van der Waals surface area (Å²) in [4.78, 5) is 27.7. The number of hydrogen-bond acceptors (Lipinski definition) is 6. The van der Waals surface area contributed by atoms with Crippen LogP contribution in [-0.4, -0.2) is 36.9 Å². The molecule has 0 saturated heterocycles. The van der Waals surface area contributed by atoms with E-state index in [-0.39, 0.29) is 6.42 Å². The third-order valence-corrected chi connectivity index (χ3v) is 2.60. The number of pyridine rings is 1. The largest absolute Gasteiger partial charge is 0.481 e. The first-order valence-corrected chi connectivity index (χ1v) is 6.82. The lowest BCUT2D eigenvalue weighted by Crippen LogP contribution is -2.36. The van der Waals surface area contributed by atoms with Gasteiger partial charge in [-0.1, -0.05) is 6.07 Å². The Hall–Kier alpha value is -2.31. The minimum Gasteiger partial charge on any atom is -0.481 e. The number of nitrogens with zero attached hydrogens (tertiary/aromatic N) is 1. The Morgan fingerprint density at radius 2 is 1.95 bits per heavy atom. The van der Waals surface area contributed by atoms with Gasteiger partial charge in [0.2, 0.25) is 5.88 Å². The van der Waals surface area contributed by atoms with E-state index in [9.17, 15) is 9.59 Å². The molecule has 1 rings (SSSR count). The highest BCUT2D eigenvalue weighted by Crippen LogP contribution is 2.19. The average molecular weight is 310 g/mol. The quantitative estimate of drug-likeness (QED) is 0.839. The zero-order chi connectivity index (χ0) is 16.8. The molecule has 0 radical (unpaired) electrons. The summed E-state index contributed by atoms with van der Waals surface area (Å²) in [5, 5.41) is 2.63. The van der Waals surface area contributed by atoms with Gasteiger partial charge in [-0.3, -0.25) is 4.79 Å². The molecule has 0 fully saturated rings. The predicted octanol–water partition coefficient (Wildman–Crippen LogP) is 2.22. The van der Waals surface area contributed by atoms with E-state index >= 15 is 0 Å². The van der Waals surface area contributed by atoms with Crippen LogP contribution in [0, 0.1) is 0 Å². The van der Waals surface area contributed by atoms with Crippen LogP contribution in [-0.2, 0) is 14.3 Å². The van der Waals surface area contributed by atoms with Crippen molar-refractivity contribution in [2.45, 2.75) is 38.8 Å². The maximum Gasteiger partial charge on any atom is 0.408 e. The summed E-state index contributed by atoms with van der Waals surface area (Å²) in [5.74, 6) is -0.0796. The second kappa shape index (κ2) is 7.63. The Morgan fingerprint density at radius 3 is 2.50 bits per heavy atom. The van der Waals surface area contributed by atoms with E-state index < -0.39 is 23.7 Å². The Morgan fingerprint density at radius 1 is 1.27 bits per heavy atom. The number of alkyl carbamates (subject to hydrolysis) is 1. The summed E-state index contributed by atoms with van der Waals surface area (Å²) in [7, 11) is 2.77. The van der Waals surface area contributed by atoms with E-state index in [2.05, 4.69) is 15.0 Å². The molecule has 0 saturated carbocycles. The number of hydrogen-bond donors (Lipinski definition) is 1. The van der Waals surface area contributed by atoms with Gasteiger partial charge in [0.1, 0.15) is 5.60 Å². The van der Waals surface area contributed by atoms with Crippen LogP contribution in [0.1, 0.15) is 38.9 Å². The number of amides is 1. The molecule has 1 amide bonds. The number of carbonyl (C=O) groups is 2. The van der Waals surface area contributed by atoms with Gasteiger partial charge < -0.3 is 19.5 Å². The zero-order valence-corrected chi connectivity index (χ0v) is 13.5. The molecular weight excluding hydrogens is 288 g/mol. The molecule has 0 aromatic carbocycles. The Bertz CT molecular complexity index is 525. The number of nitrogens with one attached hydrogen (secondary N) is 1. The highest BCUT2D eigenvalue weighted by molar-refractivity contribution is 5.73. The van der Waals surface area contributed by atoms with Gasteiger partial charge in [-0.25, -0.2) is 9.78 Å². The van der Waals surface area contributed by atoms with Gasteiger partial charge in [0.15, 0.2) is 0 Å². The fraction of sp³-hybridized carbons (Fsp3) is 0.533. The van der Waals surface area contributed by atoms with Crippen LogP contribution < -0.4 is 10.1 Å². The van der Waals surface area contributed by atoms with E-state index in [4.69, 9.17) is 9.47 Å². The van der Waals surface area contributed by atoms with Gasteiger partial charge in [0.25, 0.3) is 0 Å². The van der Waals surface area contributed by atoms with Crippen molar-refractivity contribution < 1.29 is 23.8 Å². The fourth-order valence-corrected chi connectivity index (χ4v) is 1.67. The molecule has 0 aliphatic rings. The molecule has 1 N–H and O–H groups in total. The minimum absolute atomic E-state index is 0.0596. The average Bonchev–Trinajstić information content (AvgIpc) is 2.44. The molecule has 0 bridgehead atoms. The molecule has 1 unspecified atom stereocenters. The van der Waals surface area contributed by atoms with Gasteiger partial charge in [-0.15, -0.1) is 0 Å². The van der Waals surface area contributed by atoms with Gasteiger partial charge in [-0.05, 0) is 26.8 Å². The number of ether oxygens (including phenoxy) is 3. The number of esters is 1. The van der Waals surface area contributed by atoms with Crippen molar-refractivity contribution >= 4 is 12.1 Å². The maximum atomic E-state index is 11.9. The van der Waals surface area contributed by atoms with Gasteiger partial charge >= 0.3 is 12.1 Å². The summed E-state index contributed by atoms with van der Waals surface area (Å²) in [6.45, 7) is 5.27. The second-order valence-electron chi connectivity index (χ2n) is 5.58. The van der Waals surface area contributed by atoms with Gasteiger partial charge in [-0.2, -0.15) is 0 Å². The number of rotatable bonds is 5. The van der Waals surface area contributed by atoms with E-state index in [1.54, 1.807) is 39.0 Å². The monoisotopic (exact) mass is 310 g/mol. The van der Waals surface area contributed by atoms with Crippen LogP contribution >= 0.6 is 0 Å².